The number of hydrogen-bond acceptors (Lipinski definition) is 3. The third-order valence-electron chi connectivity index (χ3n) is 1.83. The van der Waals surface area contributed by atoms with Gasteiger partial charge in [-0.15, -0.1) is 0 Å². The Morgan fingerprint density at radius 2 is 1.81 bits per heavy atom. The van der Waals surface area contributed by atoms with Gasteiger partial charge >= 0.3 is 0 Å². The Kier molecular flexibility index (Phi) is 4.28. The Morgan fingerprint density at radius 3 is 2.25 bits per heavy atom. The molecule has 0 aliphatic rings. The maximum Gasteiger partial charge on any atom is 0.299 e. The molecule has 1 aromatic rings. The summed E-state index contributed by atoms with van der Waals surface area (Å²) in [7, 11) is -3.48. The lowest BCUT2D eigenvalue weighted by Crippen LogP contribution is -2.35. The van der Waals surface area contributed by atoms with E-state index in [1.807, 2.05) is 0 Å². The van der Waals surface area contributed by atoms with E-state index >= 15 is 0 Å². The van der Waals surface area contributed by atoms with E-state index in [0.29, 0.717) is 12.2 Å². The molecule has 0 saturated heterocycles. The molecule has 0 saturated carbocycles. The minimum absolute atomic E-state index is 0.138. The Balaban J connectivity index is 2.72. The van der Waals surface area contributed by atoms with Crippen LogP contribution < -0.4 is 15.2 Å². The summed E-state index contributed by atoms with van der Waals surface area (Å²) in [4.78, 5) is 0. The molecule has 90 valence electrons. The molecular formula is C10H17N3O2S. The van der Waals surface area contributed by atoms with Crippen LogP contribution in [0.15, 0.2) is 24.3 Å². The van der Waals surface area contributed by atoms with Crippen molar-refractivity contribution in [2.24, 2.45) is 5.73 Å². The molecule has 0 fully saturated rings. The summed E-state index contributed by atoms with van der Waals surface area (Å²) < 4.78 is 27.9. The summed E-state index contributed by atoms with van der Waals surface area (Å²) >= 11 is 0. The van der Waals surface area contributed by atoms with Gasteiger partial charge in [0, 0.05) is 18.3 Å². The molecule has 0 radical (unpaired) electrons. The first-order valence-electron chi connectivity index (χ1n) is 5.02. The van der Waals surface area contributed by atoms with Gasteiger partial charge < -0.3 is 5.73 Å². The van der Waals surface area contributed by atoms with Crippen molar-refractivity contribution in [3.8, 4) is 0 Å². The lowest BCUT2D eigenvalue weighted by Gasteiger charge is -2.11. The summed E-state index contributed by atoms with van der Waals surface area (Å²) in [5.74, 6) is 0. The average molecular weight is 243 g/mol. The Morgan fingerprint density at radius 1 is 1.25 bits per heavy atom. The number of anilines is 1. The molecule has 4 N–H and O–H groups in total. The van der Waals surface area contributed by atoms with Crippen LogP contribution in [0.5, 0.6) is 0 Å². The van der Waals surface area contributed by atoms with Gasteiger partial charge in [0.2, 0.25) is 0 Å². The van der Waals surface area contributed by atoms with Gasteiger partial charge in [0.05, 0.1) is 0 Å². The fraction of sp³-hybridized carbons (Fsp3) is 0.400. The van der Waals surface area contributed by atoms with Crippen LogP contribution in [0.3, 0.4) is 0 Å². The van der Waals surface area contributed by atoms with Crippen LogP contribution in [0.2, 0.25) is 0 Å². The van der Waals surface area contributed by atoms with Crippen LogP contribution in [0.1, 0.15) is 19.4 Å². The summed E-state index contributed by atoms with van der Waals surface area (Å²) in [5, 5.41) is 0. The molecule has 0 heterocycles. The van der Waals surface area contributed by atoms with E-state index in [-0.39, 0.29) is 6.04 Å². The van der Waals surface area contributed by atoms with Gasteiger partial charge in [0.15, 0.2) is 0 Å². The zero-order valence-electron chi connectivity index (χ0n) is 9.40. The quantitative estimate of drug-likeness (QED) is 0.715. The van der Waals surface area contributed by atoms with E-state index in [4.69, 9.17) is 5.73 Å². The molecule has 0 aliphatic carbocycles. The highest BCUT2D eigenvalue weighted by Crippen LogP contribution is 2.10. The highest BCUT2D eigenvalue weighted by atomic mass is 32.2. The summed E-state index contributed by atoms with van der Waals surface area (Å²) in [5.41, 5.74) is 6.92. The Bertz CT molecular complexity index is 426. The number of hydrogen-bond donors (Lipinski definition) is 3. The highest BCUT2D eigenvalue weighted by molar-refractivity contribution is 7.90. The lowest BCUT2D eigenvalue weighted by molar-refractivity contribution is 0.575. The molecule has 0 aromatic heterocycles. The zero-order chi connectivity index (χ0) is 12.2. The molecule has 5 nitrogen and oxygen atoms in total. The molecular weight excluding hydrogens is 226 g/mol. The van der Waals surface area contributed by atoms with Gasteiger partial charge in [0.1, 0.15) is 0 Å². The summed E-state index contributed by atoms with van der Waals surface area (Å²) in [6.45, 7) is 3.96. The standard InChI is InChI=1S/C10H17N3O2S/c1-8(2)12-16(14,15)13-10-5-3-9(7-11)4-6-10/h3-6,8,12-13H,7,11H2,1-2H3. The van der Waals surface area contributed by atoms with Crippen LogP contribution >= 0.6 is 0 Å². The normalized spacial score (nSPS) is 11.8. The zero-order valence-corrected chi connectivity index (χ0v) is 10.2. The third-order valence-corrected chi connectivity index (χ3v) is 3.12. The summed E-state index contributed by atoms with van der Waals surface area (Å²) in [6, 6.07) is 6.80. The van der Waals surface area contributed by atoms with Crippen molar-refractivity contribution in [1.29, 1.82) is 0 Å². The molecule has 0 bridgehead atoms. The fourth-order valence-corrected chi connectivity index (χ4v) is 2.33. The van der Waals surface area contributed by atoms with Gasteiger partial charge in [-0.05, 0) is 31.5 Å². The van der Waals surface area contributed by atoms with Gasteiger partial charge in [0.25, 0.3) is 10.2 Å². The fourth-order valence-electron chi connectivity index (χ4n) is 1.20. The first kappa shape index (κ1) is 13.0. The van der Waals surface area contributed by atoms with Gasteiger partial charge in [-0.25, -0.2) is 0 Å². The van der Waals surface area contributed by atoms with Crippen molar-refractivity contribution in [1.82, 2.24) is 4.72 Å². The van der Waals surface area contributed by atoms with E-state index in [2.05, 4.69) is 9.44 Å². The number of rotatable bonds is 5. The van der Waals surface area contributed by atoms with E-state index in [9.17, 15) is 8.42 Å². The van der Waals surface area contributed by atoms with Crippen molar-refractivity contribution < 1.29 is 8.42 Å². The molecule has 1 aromatic carbocycles. The lowest BCUT2D eigenvalue weighted by atomic mass is 10.2. The van der Waals surface area contributed by atoms with Crippen LogP contribution in [-0.4, -0.2) is 14.5 Å². The maximum absolute atomic E-state index is 11.5. The molecule has 0 amide bonds. The van der Waals surface area contributed by atoms with Crippen molar-refractivity contribution in [2.75, 3.05) is 4.72 Å². The monoisotopic (exact) mass is 243 g/mol. The Hall–Kier alpha value is -1.11. The molecule has 0 atom stereocenters. The van der Waals surface area contributed by atoms with Crippen LogP contribution in [0.4, 0.5) is 5.69 Å². The third kappa shape index (κ3) is 4.18. The van der Waals surface area contributed by atoms with Crippen LogP contribution in [-0.2, 0) is 16.8 Å². The van der Waals surface area contributed by atoms with Crippen molar-refractivity contribution in [3.63, 3.8) is 0 Å². The smallest absolute Gasteiger partial charge is 0.299 e. The second-order valence-electron chi connectivity index (χ2n) is 3.78. The molecule has 6 heteroatoms. The first-order valence-corrected chi connectivity index (χ1v) is 6.50. The second-order valence-corrected chi connectivity index (χ2v) is 5.23. The summed E-state index contributed by atoms with van der Waals surface area (Å²) in [6.07, 6.45) is 0. The maximum atomic E-state index is 11.5. The largest absolute Gasteiger partial charge is 0.326 e. The van der Waals surface area contributed by atoms with E-state index < -0.39 is 10.2 Å². The predicted octanol–water partition coefficient (Wildman–Crippen LogP) is 0.800. The van der Waals surface area contributed by atoms with Crippen molar-refractivity contribution in [2.45, 2.75) is 26.4 Å². The number of nitrogens with two attached hydrogens (primary N) is 1. The predicted molar refractivity (Wildman–Crippen MR) is 65.1 cm³/mol. The van der Waals surface area contributed by atoms with Crippen molar-refractivity contribution in [3.05, 3.63) is 29.8 Å². The molecule has 0 spiro atoms. The molecule has 0 unspecified atom stereocenters. The highest BCUT2D eigenvalue weighted by Gasteiger charge is 2.10. The minimum Gasteiger partial charge on any atom is -0.326 e. The molecule has 0 aliphatic heterocycles. The van der Waals surface area contributed by atoms with Gasteiger partial charge in [-0.3, -0.25) is 4.72 Å². The van der Waals surface area contributed by atoms with E-state index in [1.54, 1.807) is 38.1 Å². The number of nitrogens with one attached hydrogen (secondary N) is 2. The van der Waals surface area contributed by atoms with Crippen LogP contribution in [0.25, 0.3) is 0 Å². The van der Waals surface area contributed by atoms with E-state index in [0.717, 1.165) is 5.56 Å². The van der Waals surface area contributed by atoms with Gasteiger partial charge in [-0.1, -0.05) is 12.1 Å². The molecule has 1 rings (SSSR count). The first-order chi connectivity index (χ1) is 7.43. The minimum atomic E-state index is -3.48. The second kappa shape index (κ2) is 5.29. The molecule has 16 heavy (non-hydrogen) atoms. The van der Waals surface area contributed by atoms with Crippen molar-refractivity contribution >= 4 is 15.9 Å². The average Bonchev–Trinajstić information content (AvgIpc) is 2.16. The van der Waals surface area contributed by atoms with E-state index in [1.165, 1.54) is 0 Å². The number of benzene rings is 1. The van der Waals surface area contributed by atoms with Crippen LogP contribution in [0, 0.1) is 0 Å². The SMILES string of the molecule is CC(C)NS(=O)(=O)Nc1ccc(CN)cc1. The topological polar surface area (TPSA) is 84.2 Å². The van der Waals surface area contributed by atoms with Gasteiger partial charge in [-0.2, -0.15) is 13.1 Å². The Labute approximate surface area is 96.2 Å².